The Bertz CT molecular complexity index is 1540. The zero-order chi connectivity index (χ0) is 32.8. The van der Waals surface area contributed by atoms with E-state index in [9.17, 15) is 5.26 Å². The lowest BCUT2D eigenvalue weighted by molar-refractivity contribution is 0.122. The number of hydrogen-bond acceptors (Lipinski definition) is 7. The van der Waals surface area contributed by atoms with Crippen molar-refractivity contribution >= 4 is 34.8 Å². The molecule has 3 rings (SSSR count). The van der Waals surface area contributed by atoms with Crippen LogP contribution in [0, 0.1) is 18.3 Å². The average Bonchev–Trinajstić information content (AvgIpc) is 3.03. The van der Waals surface area contributed by atoms with Crippen LogP contribution < -0.4 is 14.8 Å². The Morgan fingerprint density at radius 2 is 1.82 bits per heavy atom. The molecule has 3 aromatic carbocycles. The lowest BCUT2D eigenvalue weighted by Gasteiger charge is -2.27. The zero-order valence-electron chi connectivity index (χ0n) is 27.2. The van der Waals surface area contributed by atoms with E-state index in [1.165, 1.54) is 22.9 Å². The first-order valence-electron chi connectivity index (χ1n) is 15.0. The number of ether oxygens (including phenoxy) is 3. The maximum Gasteiger partial charge on any atom is 0.155 e. The molecule has 0 fully saturated rings. The molecule has 0 atom stereocenters. The standard InChI is InChI=1S/C37H44ClN3O3S/c1-8-10-32(41-27(3)45-7)25-44-33-14-12-30(13-15-33)37(4,5)31-22-29(24-39)36(34(38)23-31)43-19-9-18-42-20-17-28-11-16-35(40-6)26(2)21-28/h8,10-16,21-23,40H,3,9,17-20,25H2,1-2,4-7H3/b10-8-,41-32+. The quantitative estimate of drug-likeness (QED) is 0.117. The summed E-state index contributed by atoms with van der Waals surface area (Å²) in [5.74, 6) is 1.15. The molecule has 0 spiro atoms. The Morgan fingerprint density at radius 3 is 2.47 bits per heavy atom. The van der Waals surface area contributed by atoms with Crippen molar-refractivity contribution in [2.75, 3.05) is 45.0 Å². The highest BCUT2D eigenvalue weighted by Gasteiger charge is 2.26. The maximum absolute atomic E-state index is 9.93. The van der Waals surface area contributed by atoms with E-state index in [-0.39, 0.29) is 0 Å². The molecule has 0 unspecified atom stereocenters. The Hall–Kier alpha value is -3.70. The number of benzene rings is 3. The first kappa shape index (κ1) is 35.8. The number of allylic oxidation sites excluding steroid dienone is 1. The Balaban J connectivity index is 1.56. The summed E-state index contributed by atoms with van der Waals surface area (Å²) in [5.41, 5.74) is 6.39. The number of thioether (sulfide) groups is 1. The summed E-state index contributed by atoms with van der Waals surface area (Å²) in [5, 5.41) is 14.3. The van der Waals surface area contributed by atoms with Gasteiger partial charge >= 0.3 is 0 Å². The molecule has 0 saturated carbocycles. The third-order valence-electron chi connectivity index (χ3n) is 7.49. The van der Waals surface area contributed by atoms with Gasteiger partial charge < -0.3 is 19.5 Å². The Labute approximate surface area is 278 Å². The van der Waals surface area contributed by atoms with E-state index in [0.29, 0.717) is 49.2 Å². The van der Waals surface area contributed by atoms with Crippen LogP contribution in [-0.2, 0) is 16.6 Å². The summed E-state index contributed by atoms with van der Waals surface area (Å²) in [4.78, 5) is 4.50. The lowest BCUT2D eigenvalue weighted by Crippen LogP contribution is -2.19. The number of halogens is 1. The van der Waals surface area contributed by atoms with Gasteiger partial charge in [0.15, 0.2) is 5.75 Å². The fourth-order valence-electron chi connectivity index (χ4n) is 4.78. The molecule has 6 nitrogen and oxygen atoms in total. The van der Waals surface area contributed by atoms with E-state index in [4.69, 9.17) is 25.8 Å². The molecule has 0 aliphatic heterocycles. The van der Waals surface area contributed by atoms with Gasteiger partial charge in [0.1, 0.15) is 18.4 Å². The number of aliphatic imine (C=N–C) groups is 1. The Morgan fingerprint density at radius 1 is 1.07 bits per heavy atom. The van der Waals surface area contributed by atoms with Gasteiger partial charge in [0.05, 0.1) is 34.5 Å². The van der Waals surface area contributed by atoms with Crippen LogP contribution in [0.25, 0.3) is 0 Å². The van der Waals surface area contributed by atoms with Crippen LogP contribution in [0.2, 0.25) is 5.02 Å². The molecule has 0 saturated heterocycles. The number of nitrogens with one attached hydrogen (secondary N) is 1. The van der Waals surface area contributed by atoms with Crippen molar-refractivity contribution in [2.24, 2.45) is 4.99 Å². The van der Waals surface area contributed by atoms with Gasteiger partial charge in [-0.1, -0.05) is 62.4 Å². The second-order valence-electron chi connectivity index (χ2n) is 11.0. The van der Waals surface area contributed by atoms with Gasteiger partial charge in [-0.3, -0.25) is 0 Å². The lowest BCUT2D eigenvalue weighted by atomic mass is 9.77. The summed E-state index contributed by atoms with van der Waals surface area (Å²) in [7, 11) is 1.93. The number of anilines is 1. The van der Waals surface area contributed by atoms with E-state index >= 15 is 0 Å². The largest absolute Gasteiger partial charge is 0.491 e. The molecule has 0 aromatic heterocycles. The van der Waals surface area contributed by atoms with Crippen molar-refractivity contribution < 1.29 is 14.2 Å². The van der Waals surface area contributed by atoms with Gasteiger partial charge in [-0.05, 0) is 85.2 Å². The number of rotatable bonds is 17. The highest BCUT2D eigenvalue weighted by Crippen LogP contribution is 2.38. The zero-order valence-corrected chi connectivity index (χ0v) is 28.8. The first-order chi connectivity index (χ1) is 21.6. The molecule has 3 aromatic rings. The average molecular weight is 646 g/mol. The number of nitrogens with zero attached hydrogens (tertiary/aromatic N) is 2. The highest BCUT2D eigenvalue weighted by atomic mass is 35.5. The molecule has 238 valence electrons. The molecule has 0 heterocycles. The fourth-order valence-corrected chi connectivity index (χ4v) is 5.26. The molecule has 45 heavy (non-hydrogen) atoms. The minimum absolute atomic E-state index is 0.340. The predicted octanol–water partition coefficient (Wildman–Crippen LogP) is 9.15. The van der Waals surface area contributed by atoms with E-state index < -0.39 is 5.41 Å². The van der Waals surface area contributed by atoms with Crippen molar-refractivity contribution in [3.05, 3.63) is 111 Å². The van der Waals surface area contributed by atoms with Crippen molar-refractivity contribution in [2.45, 2.75) is 46.0 Å². The molecule has 0 bridgehead atoms. The minimum atomic E-state index is -0.417. The van der Waals surface area contributed by atoms with E-state index in [2.05, 4.69) is 61.9 Å². The predicted molar refractivity (Wildman–Crippen MR) is 190 cm³/mol. The van der Waals surface area contributed by atoms with Crippen molar-refractivity contribution in [3.8, 4) is 17.6 Å². The van der Waals surface area contributed by atoms with E-state index in [1.807, 2.05) is 68.8 Å². The van der Waals surface area contributed by atoms with E-state index in [1.54, 1.807) is 0 Å². The van der Waals surface area contributed by atoms with Crippen molar-refractivity contribution in [3.63, 3.8) is 0 Å². The third kappa shape index (κ3) is 10.4. The van der Waals surface area contributed by atoms with Crippen LogP contribution in [0.4, 0.5) is 5.69 Å². The number of aryl methyl sites for hydroxylation is 1. The molecular weight excluding hydrogens is 602 g/mol. The van der Waals surface area contributed by atoms with Crippen LogP contribution in [0.15, 0.2) is 83.3 Å². The second-order valence-corrected chi connectivity index (χ2v) is 12.3. The molecule has 1 N–H and O–H groups in total. The Kier molecular flexibility index (Phi) is 14.1. The van der Waals surface area contributed by atoms with Gasteiger partial charge in [-0.15, -0.1) is 11.8 Å². The number of nitriles is 1. The SMILES string of the molecule is C=C(/N=C(\C=C/C)COc1ccc(C(C)(C)c2cc(Cl)c(OCCCOCCc3ccc(NC)c(C)c3)c(C#N)c2)cc1)SC. The summed E-state index contributed by atoms with van der Waals surface area (Å²) >= 11 is 8.18. The smallest absolute Gasteiger partial charge is 0.155 e. The van der Waals surface area contributed by atoms with Crippen LogP contribution in [0.5, 0.6) is 11.5 Å². The molecule has 0 aliphatic carbocycles. The summed E-state index contributed by atoms with van der Waals surface area (Å²) in [6, 6.07) is 20.4. The second kappa shape index (κ2) is 17.7. The van der Waals surface area contributed by atoms with E-state index in [0.717, 1.165) is 39.7 Å². The van der Waals surface area contributed by atoms with Gasteiger partial charge in [0.25, 0.3) is 0 Å². The maximum atomic E-state index is 9.93. The topological polar surface area (TPSA) is 75.9 Å². The van der Waals surface area contributed by atoms with Crippen LogP contribution in [0.3, 0.4) is 0 Å². The molecule has 0 amide bonds. The van der Waals surface area contributed by atoms with Crippen molar-refractivity contribution in [1.29, 1.82) is 5.26 Å². The molecule has 8 heteroatoms. The van der Waals surface area contributed by atoms with Gasteiger partial charge in [0.2, 0.25) is 0 Å². The molecule has 0 radical (unpaired) electrons. The highest BCUT2D eigenvalue weighted by molar-refractivity contribution is 8.02. The number of hydrogen-bond donors (Lipinski definition) is 1. The van der Waals surface area contributed by atoms with Crippen LogP contribution in [-0.4, -0.2) is 45.4 Å². The van der Waals surface area contributed by atoms with Gasteiger partial charge in [-0.25, -0.2) is 4.99 Å². The monoisotopic (exact) mass is 645 g/mol. The van der Waals surface area contributed by atoms with Crippen LogP contribution in [0.1, 0.15) is 55.0 Å². The molecule has 0 aliphatic rings. The normalized spacial score (nSPS) is 11.8. The van der Waals surface area contributed by atoms with Crippen LogP contribution >= 0.6 is 23.4 Å². The van der Waals surface area contributed by atoms with Gasteiger partial charge in [0, 0.05) is 31.2 Å². The van der Waals surface area contributed by atoms with Crippen molar-refractivity contribution in [1.82, 2.24) is 0 Å². The third-order valence-corrected chi connectivity index (χ3v) is 8.33. The fraction of sp³-hybridized carbons (Fsp3) is 0.351. The minimum Gasteiger partial charge on any atom is -0.491 e. The van der Waals surface area contributed by atoms with Gasteiger partial charge in [-0.2, -0.15) is 5.26 Å². The summed E-state index contributed by atoms with van der Waals surface area (Å²) in [6.07, 6.45) is 7.34. The molecular formula is C37H44ClN3O3S. The summed E-state index contributed by atoms with van der Waals surface area (Å²) in [6.45, 7) is 14.1. The first-order valence-corrected chi connectivity index (χ1v) is 16.6. The summed E-state index contributed by atoms with van der Waals surface area (Å²) < 4.78 is 17.8.